The van der Waals surface area contributed by atoms with Crippen LogP contribution in [0.25, 0.3) is 0 Å². The van der Waals surface area contributed by atoms with Crippen LogP contribution in [0.2, 0.25) is 0 Å². The number of carbonyl (C=O) groups is 2. The molecule has 4 saturated carbocycles. The van der Waals surface area contributed by atoms with Crippen LogP contribution in [-0.2, 0) is 9.59 Å². The number of aliphatic hydroxyl groups excluding tert-OH is 1. The zero-order valence-electron chi connectivity index (χ0n) is 15.5. The molecule has 4 bridgehead atoms. The van der Waals surface area contributed by atoms with E-state index < -0.39 is 29.1 Å². The van der Waals surface area contributed by atoms with Crippen molar-refractivity contribution < 1.29 is 19.1 Å². The number of aliphatic hydroxyl groups is 1. The number of benzene rings is 1. The first-order valence-corrected chi connectivity index (χ1v) is 9.91. The van der Waals surface area contributed by atoms with E-state index in [-0.39, 0.29) is 11.4 Å². The summed E-state index contributed by atoms with van der Waals surface area (Å²) in [5.41, 5.74) is 0.179. The monoisotopic (exact) mass is 369 g/mol. The van der Waals surface area contributed by atoms with Crippen molar-refractivity contribution in [2.24, 2.45) is 17.8 Å². The second kappa shape index (κ2) is 5.66. The van der Waals surface area contributed by atoms with Gasteiger partial charge in [-0.25, -0.2) is 4.39 Å². The van der Waals surface area contributed by atoms with Crippen LogP contribution >= 0.6 is 0 Å². The number of amides is 1. The molecule has 0 aromatic heterocycles. The Kier molecular flexibility index (Phi) is 3.56. The molecular weight excluding hydrogens is 345 g/mol. The van der Waals surface area contributed by atoms with Crippen LogP contribution in [0.3, 0.4) is 0 Å². The van der Waals surface area contributed by atoms with E-state index >= 15 is 0 Å². The Morgan fingerprint density at radius 2 is 1.67 bits per heavy atom. The fraction of sp³-hybridized carbons (Fsp3) is 0.545. The molecule has 1 aromatic rings. The average molecular weight is 369 g/mol. The lowest BCUT2D eigenvalue weighted by Gasteiger charge is -2.62. The van der Waals surface area contributed by atoms with Gasteiger partial charge in [-0.3, -0.25) is 9.59 Å². The first kappa shape index (κ1) is 17.0. The van der Waals surface area contributed by atoms with Gasteiger partial charge in [0.15, 0.2) is 11.5 Å². The van der Waals surface area contributed by atoms with E-state index in [1.54, 1.807) is 17.0 Å². The molecule has 1 unspecified atom stereocenters. The van der Waals surface area contributed by atoms with Crippen LogP contribution in [0.5, 0.6) is 0 Å². The van der Waals surface area contributed by atoms with Gasteiger partial charge in [0.1, 0.15) is 11.9 Å². The summed E-state index contributed by atoms with van der Waals surface area (Å²) in [5.74, 6) is 0.124. The average Bonchev–Trinajstić information content (AvgIpc) is 2.61. The summed E-state index contributed by atoms with van der Waals surface area (Å²) in [4.78, 5) is 28.0. The van der Waals surface area contributed by atoms with E-state index in [0.717, 1.165) is 19.3 Å². The lowest BCUT2D eigenvalue weighted by atomic mass is 9.52. The van der Waals surface area contributed by atoms with Gasteiger partial charge in [-0.1, -0.05) is 12.1 Å². The van der Waals surface area contributed by atoms with Crippen LogP contribution in [0.4, 0.5) is 4.39 Å². The topological polar surface area (TPSA) is 57.6 Å². The largest absolute Gasteiger partial charge is 0.503 e. The van der Waals surface area contributed by atoms with E-state index in [0.29, 0.717) is 23.3 Å². The minimum absolute atomic E-state index is 0.0789. The number of halogens is 1. The summed E-state index contributed by atoms with van der Waals surface area (Å²) in [7, 11) is 0. The van der Waals surface area contributed by atoms with Crippen molar-refractivity contribution in [2.75, 3.05) is 0 Å². The summed E-state index contributed by atoms with van der Waals surface area (Å²) in [6.45, 7) is 1.49. The summed E-state index contributed by atoms with van der Waals surface area (Å²) in [6.07, 6.45) is 6.28. The first-order chi connectivity index (χ1) is 12.9. The Labute approximate surface area is 158 Å². The van der Waals surface area contributed by atoms with Crippen molar-refractivity contribution in [2.45, 2.75) is 57.0 Å². The number of carbonyl (C=O) groups excluding carboxylic acids is 2. The maximum Gasteiger partial charge on any atom is 0.290 e. The Hall–Kier alpha value is -2.17. The lowest BCUT2D eigenvalue weighted by molar-refractivity contribution is -0.162. The number of hydrogen-bond acceptors (Lipinski definition) is 3. The predicted octanol–water partition coefficient (Wildman–Crippen LogP) is 4.08. The molecule has 5 aliphatic rings. The molecule has 1 amide bonds. The number of nitrogens with zero attached hydrogens (tertiary/aromatic N) is 1. The van der Waals surface area contributed by atoms with E-state index in [4.69, 9.17) is 0 Å². The molecule has 1 aromatic carbocycles. The quantitative estimate of drug-likeness (QED) is 0.855. The Bertz CT molecular complexity index is 839. The van der Waals surface area contributed by atoms with Gasteiger partial charge in [-0.2, -0.15) is 0 Å². The number of hydrogen-bond donors (Lipinski definition) is 1. The molecule has 4 fully saturated rings. The SMILES string of the molecule is CC1=C(O)C(=O)N(C23CC4CC(CC(C4)C2)C3)C(c2cccc(F)c2)C1=O. The third kappa shape index (κ3) is 2.40. The van der Waals surface area contributed by atoms with Crippen LogP contribution in [0.15, 0.2) is 35.6 Å². The minimum Gasteiger partial charge on any atom is -0.503 e. The first-order valence-electron chi connectivity index (χ1n) is 9.91. The maximum atomic E-state index is 13.9. The zero-order chi connectivity index (χ0) is 18.9. The predicted molar refractivity (Wildman–Crippen MR) is 97.2 cm³/mol. The van der Waals surface area contributed by atoms with E-state index in [1.165, 1.54) is 38.3 Å². The summed E-state index contributed by atoms with van der Waals surface area (Å²) in [6, 6.07) is 5.13. The molecular formula is C22H24FNO3. The third-order valence-electron chi connectivity index (χ3n) is 7.33. The van der Waals surface area contributed by atoms with Crippen molar-refractivity contribution in [3.63, 3.8) is 0 Å². The summed E-state index contributed by atoms with van der Waals surface area (Å²) in [5, 5.41) is 10.4. The standard InChI is InChI=1S/C22H24FNO3/c1-12-19(25)18(16-3-2-4-17(23)8-16)24(21(27)20(12)26)22-9-13-5-14(10-22)7-15(6-13)11-22/h2-4,8,13-15,18,26H,5-7,9-11H2,1H3. The minimum atomic E-state index is -0.847. The van der Waals surface area contributed by atoms with Gasteiger partial charge in [0.25, 0.3) is 5.91 Å². The molecule has 1 atom stereocenters. The highest BCUT2D eigenvalue weighted by molar-refractivity contribution is 6.12. The molecule has 0 saturated heterocycles. The Morgan fingerprint density at radius 3 is 2.22 bits per heavy atom. The molecule has 1 N–H and O–H groups in total. The fourth-order valence-corrected chi connectivity index (χ4v) is 6.66. The number of rotatable bonds is 2. The molecule has 4 aliphatic carbocycles. The van der Waals surface area contributed by atoms with E-state index in [1.807, 2.05) is 0 Å². The highest BCUT2D eigenvalue weighted by atomic mass is 19.1. The molecule has 1 aliphatic heterocycles. The molecule has 5 heteroatoms. The summed E-state index contributed by atoms with van der Waals surface area (Å²) >= 11 is 0. The van der Waals surface area contributed by atoms with Crippen LogP contribution in [0, 0.1) is 23.6 Å². The lowest BCUT2D eigenvalue weighted by Crippen LogP contribution is -2.64. The van der Waals surface area contributed by atoms with Crippen molar-refractivity contribution in [3.05, 3.63) is 47.0 Å². The van der Waals surface area contributed by atoms with Gasteiger partial charge >= 0.3 is 0 Å². The van der Waals surface area contributed by atoms with E-state index in [9.17, 15) is 19.1 Å². The molecule has 27 heavy (non-hydrogen) atoms. The van der Waals surface area contributed by atoms with Crippen LogP contribution in [0.1, 0.15) is 57.1 Å². The zero-order valence-corrected chi connectivity index (χ0v) is 15.5. The third-order valence-corrected chi connectivity index (χ3v) is 7.33. The van der Waals surface area contributed by atoms with Gasteiger partial charge in [-0.15, -0.1) is 0 Å². The highest BCUT2D eigenvalue weighted by Gasteiger charge is 2.58. The summed E-state index contributed by atoms with van der Waals surface area (Å²) < 4.78 is 13.9. The van der Waals surface area contributed by atoms with Crippen molar-refractivity contribution in [3.8, 4) is 0 Å². The molecule has 0 spiro atoms. The van der Waals surface area contributed by atoms with Crippen molar-refractivity contribution in [1.29, 1.82) is 0 Å². The molecule has 1 heterocycles. The van der Waals surface area contributed by atoms with Gasteiger partial charge in [0.2, 0.25) is 0 Å². The second-order valence-corrected chi connectivity index (χ2v) is 9.11. The smallest absolute Gasteiger partial charge is 0.290 e. The van der Waals surface area contributed by atoms with Crippen LogP contribution < -0.4 is 0 Å². The molecule has 6 rings (SSSR count). The normalized spacial score (nSPS) is 38.1. The highest BCUT2D eigenvalue weighted by Crippen LogP contribution is 2.59. The van der Waals surface area contributed by atoms with Crippen molar-refractivity contribution >= 4 is 11.7 Å². The Balaban J connectivity index is 1.66. The van der Waals surface area contributed by atoms with Gasteiger partial charge in [-0.05, 0) is 80.9 Å². The fourth-order valence-electron chi connectivity index (χ4n) is 6.66. The maximum absolute atomic E-state index is 13.9. The molecule has 0 radical (unpaired) electrons. The van der Waals surface area contributed by atoms with Crippen LogP contribution in [-0.4, -0.2) is 27.2 Å². The Morgan fingerprint density at radius 1 is 1.07 bits per heavy atom. The number of Topliss-reactive ketones (excluding diaryl/α,β-unsaturated/α-hetero) is 1. The number of ketones is 1. The molecule has 4 nitrogen and oxygen atoms in total. The van der Waals surface area contributed by atoms with Gasteiger partial charge in [0.05, 0.1) is 0 Å². The van der Waals surface area contributed by atoms with Gasteiger partial charge < -0.3 is 10.0 Å². The van der Waals surface area contributed by atoms with E-state index in [2.05, 4.69) is 0 Å². The van der Waals surface area contributed by atoms with Gasteiger partial charge in [0, 0.05) is 11.1 Å². The van der Waals surface area contributed by atoms with Crippen molar-refractivity contribution in [1.82, 2.24) is 4.90 Å². The molecule has 142 valence electrons. The second-order valence-electron chi connectivity index (χ2n) is 9.11.